The summed E-state index contributed by atoms with van der Waals surface area (Å²) in [5.74, 6) is -0.0861. The van der Waals surface area contributed by atoms with Gasteiger partial charge in [0.2, 0.25) is 11.8 Å². The van der Waals surface area contributed by atoms with Crippen LogP contribution < -0.4 is 5.32 Å². The third kappa shape index (κ3) is 5.97. The molecule has 6 heteroatoms. The zero-order chi connectivity index (χ0) is 13.2. The van der Waals surface area contributed by atoms with Crippen LogP contribution >= 0.6 is 0 Å². The second-order valence-electron chi connectivity index (χ2n) is 4.31. The number of rotatable bonds is 7. The van der Waals surface area contributed by atoms with Gasteiger partial charge in [0.15, 0.2) is 0 Å². The maximum absolute atomic E-state index is 11.7. The SMILES string of the molecule is O=C(CN1CCCCCC1=O)NCCOCCO. The lowest BCUT2D eigenvalue weighted by atomic mass is 10.2. The molecule has 0 aromatic carbocycles. The van der Waals surface area contributed by atoms with Gasteiger partial charge >= 0.3 is 0 Å². The van der Waals surface area contributed by atoms with Gasteiger partial charge in [-0.15, -0.1) is 0 Å². The summed E-state index contributed by atoms with van der Waals surface area (Å²) in [5.41, 5.74) is 0. The highest BCUT2D eigenvalue weighted by Crippen LogP contribution is 2.10. The van der Waals surface area contributed by atoms with Gasteiger partial charge in [-0.2, -0.15) is 0 Å². The highest BCUT2D eigenvalue weighted by Gasteiger charge is 2.18. The Morgan fingerprint density at radius 2 is 2.17 bits per heavy atom. The first-order valence-corrected chi connectivity index (χ1v) is 6.47. The first kappa shape index (κ1) is 14.9. The van der Waals surface area contributed by atoms with Crippen molar-refractivity contribution in [2.45, 2.75) is 25.7 Å². The fourth-order valence-electron chi connectivity index (χ4n) is 1.86. The number of carbonyl (C=O) groups excluding carboxylic acids is 2. The first-order valence-electron chi connectivity index (χ1n) is 6.47. The number of nitrogens with one attached hydrogen (secondary N) is 1. The van der Waals surface area contributed by atoms with Crippen molar-refractivity contribution in [2.75, 3.05) is 39.5 Å². The standard InChI is InChI=1S/C12H22N2O4/c15-7-9-18-8-5-13-11(16)10-14-6-3-1-2-4-12(14)17/h15H,1-10H2,(H,13,16). The molecule has 1 heterocycles. The molecule has 104 valence electrons. The van der Waals surface area contributed by atoms with E-state index in [0.29, 0.717) is 26.1 Å². The van der Waals surface area contributed by atoms with E-state index in [9.17, 15) is 9.59 Å². The largest absolute Gasteiger partial charge is 0.394 e. The fraction of sp³-hybridized carbons (Fsp3) is 0.833. The second-order valence-corrected chi connectivity index (χ2v) is 4.31. The summed E-state index contributed by atoms with van der Waals surface area (Å²) in [6.45, 7) is 1.85. The van der Waals surface area contributed by atoms with Gasteiger partial charge in [-0.05, 0) is 12.8 Å². The van der Waals surface area contributed by atoms with Crippen LogP contribution in [-0.2, 0) is 14.3 Å². The van der Waals surface area contributed by atoms with Crippen LogP contribution in [0.3, 0.4) is 0 Å². The molecule has 0 radical (unpaired) electrons. The van der Waals surface area contributed by atoms with Crippen molar-refractivity contribution in [3.63, 3.8) is 0 Å². The quantitative estimate of drug-likeness (QED) is 0.604. The van der Waals surface area contributed by atoms with Crippen molar-refractivity contribution in [1.29, 1.82) is 0 Å². The number of amides is 2. The number of ether oxygens (including phenoxy) is 1. The number of nitrogens with zero attached hydrogens (tertiary/aromatic N) is 1. The summed E-state index contributed by atoms with van der Waals surface area (Å²) in [4.78, 5) is 24.9. The Balaban J connectivity index is 2.16. The third-order valence-corrected chi connectivity index (χ3v) is 2.81. The van der Waals surface area contributed by atoms with Gasteiger partial charge in [0.1, 0.15) is 0 Å². The molecule has 2 N–H and O–H groups in total. The number of aliphatic hydroxyl groups is 1. The molecule has 1 rings (SSSR count). The predicted molar refractivity (Wildman–Crippen MR) is 66.0 cm³/mol. The molecule has 0 spiro atoms. The molecule has 6 nitrogen and oxygen atoms in total. The van der Waals surface area contributed by atoms with Crippen molar-refractivity contribution < 1.29 is 19.4 Å². The highest BCUT2D eigenvalue weighted by molar-refractivity contribution is 5.84. The highest BCUT2D eigenvalue weighted by atomic mass is 16.5. The Bertz CT molecular complexity index is 271. The molecule has 0 atom stereocenters. The lowest BCUT2D eigenvalue weighted by molar-refractivity contribution is -0.135. The summed E-state index contributed by atoms with van der Waals surface area (Å²) < 4.78 is 5.02. The van der Waals surface area contributed by atoms with Crippen LogP contribution in [0.15, 0.2) is 0 Å². The van der Waals surface area contributed by atoms with Crippen molar-refractivity contribution >= 4 is 11.8 Å². The third-order valence-electron chi connectivity index (χ3n) is 2.81. The zero-order valence-corrected chi connectivity index (χ0v) is 10.7. The van der Waals surface area contributed by atoms with Crippen molar-refractivity contribution in [2.24, 2.45) is 0 Å². The second kappa shape index (κ2) is 8.88. The summed E-state index contributed by atoms with van der Waals surface area (Å²) in [5, 5.41) is 11.2. The van der Waals surface area contributed by atoms with Gasteiger partial charge in [-0.1, -0.05) is 6.42 Å². The molecule has 1 fully saturated rings. The Morgan fingerprint density at radius 1 is 1.33 bits per heavy atom. The van der Waals surface area contributed by atoms with E-state index in [4.69, 9.17) is 9.84 Å². The van der Waals surface area contributed by atoms with Crippen molar-refractivity contribution in [3.05, 3.63) is 0 Å². The minimum Gasteiger partial charge on any atom is -0.394 e. The average Bonchev–Trinajstić information content (AvgIpc) is 2.55. The lowest BCUT2D eigenvalue weighted by Crippen LogP contribution is -2.41. The molecule has 0 aromatic heterocycles. The molecular weight excluding hydrogens is 236 g/mol. The van der Waals surface area contributed by atoms with E-state index in [2.05, 4.69) is 5.32 Å². The number of hydrogen-bond donors (Lipinski definition) is 2. The summed E-state index contributed by atoms with van der Waals surface area (Å²) in [7, 11) is 0. The van der Waals surface area contributed by atoms with Gasteiger partial charge in [0.25, 0.3) is 0 Å². The fourth-order valence-corrected chi connectivity index (χ4v) is 1.86. The number of aliphatic hydroxyl groups excluding tert-OH is 1. The average molecular weight is 258 g/mol. The monoisotopic (exact) mass is 258 g/mol. The van der Waals surface area contributed by atoms with Crippen LogP contribution in [-0.4, -0.2) is 61.3 Å². The van der Waals surface area contributed by atoms with Gasteiger partial charge in [-0.3, -0.25) is 9.59 Å². The molecule has 1 aliphatic heterocycles. The maximum atomic E-state index is 11.7. The minimum atomic E-state index is -0.155. The lowest BCUT2D eigenvalue weighted by Gasteiger charge is -2.19. The van der Waals surface area contributed by atoms with E-state index >= 15 is 0 Å². The summed E-state index contributed by atoms with van der Waals surface area (Å²) >= 11 is 0. The van der Waals surface area contributed by atoms with Gasteiger partial charge in [0, 0.05) is 19.5 Å². The molecule has 0 bridgehead atoms. The number of carbonyl (C=O) groups is 2. The van der Waals surface area contributed by atoms with Crippen LogP contribution in [0.25, 0.3) is 0 Å². The Labute approximate surface area is 107 Å². The smallest absolute Gasteiger partial charge is 0.239 e. The Hall–Kier alpha value is -1.14. The molecule has 0 saturated carbocycles. The van der Waals surface area contributed by atoms with Gasteiger partial charge in [0.05, 0.1) is 26.4 Å². The minimum absolute atomic E-state index is 0.0176. The Morgan fingerprint density at radius 3 is 2.94 bits per heavy atom. The molecule has 1 aliphatic rings. The first-order chi connectivity index (χ1) is 8.74. The van der Waals surface area contributed by atoms with E-state index < -0.39 is 0 Å². The van der Waals surface area contributed by atoms with E-state index in [1.165, 1.54) is 0 Å². The zero-order valence-electron chi connectivity index (χ0n) is 10.7. The van der Waals surface area contributed by atoms with Crippen LogP contribution in [0.5, 0.6) is 0 Å². The molecule has 0 aliphatic carbocycles. The topological polar surface area (TPSA) is 78.9 Å². The van der Waals surface area contributed by atoms with Gasteiger partial charge in [-0.25, -0.2) is 0 Å². The van der Waals surface area contributed by atoms with Crippen molar-refractivity contribution in [3.8, 4) is 0 Å². The number of hydrogen-bond acceptors (Lipinski definition) is 4. The summed E-state index contributed by atoms with van der Waals surface area (Å²) in [6.07, 6.45) is 3.50. The molecule has 2 amide bonds. The van der Waals surface area contributed by atoms with Crippen LogP contribution in [0.4, 0.5) is 0 Å². The Kier molecular flexibility index (Phi) is 7.36. The van der Waals surface area contributed by atoms with E-state index in [1.807, 2.05) is 0 Å². The van der Waals surface area contributed by atoms with Gasteiger partial charge < -0.3 is 20.1 Å². The van der Waals surface area contributed by atoms with Crippen LogP contribution in [0, 0.1) is 0 Å². The molecular formula is C12H22N2O4. The molecule has 0 unspecified atom stereocenters. The molecule has 18 heavy (non-hydrogen) atoms. The summed E-state index contributed by atoms with van der Waals surface area (Å²) in [6, 6.07) is 0. The van der Waals surface area contributed by atoms with E-state index in [0.717, 1.165) is 19.3 Å². The van der Waals surface area contributed by atoms with E-state index in [-0.39, 0.29) is 31.6 Å². The number of likely N-dealkylation sites (tertiary alicyclic amines) is 1. The molecule has 0 aromatic rings. The van der Waals surface area contributed by atoms with E-state index in [1.54, 1.807) is 4.90 Å². The van der Waals surface area contributed by atoms with Crippen LogP contribution in [0.1, 0.15) is 25.7 Å². The van der Waals surface area contributed by atoms with Crippen molar-refractivity contribution in [1.82, 2.24) is 10.2 Å². The normalized spacial score (nSPS) is 16.5. The molecule has 1 saturated heterocycles. The van der Waals surface area contributed by atoms with Crippen LogP contribution in [0.2, 0.25) is 0 Å². The predicted octanol–water partition coefficient (Wildman–Crippen LogP) is -0.486. The maximum Gasteiger partial charge on any atom is 0.239 e.